The first-order chi connectivity index (χ1) is 14.2. The highest BCUT2D eigenvalue weighted by Gasteiger charge is 2.27. The molecule has 0 bridgehead atoms. The Morgan fingerprint density at radius 2 is 0.966 bits per heavy atom. The van der Waals surface area contributed by atoms with Crippen LogP contribution < -0.4 is 15.9 Å². The van der Waals surface area contributed by atoms with Crippen LogP contribution in [0.5, 0.6) is 0 Å². The molecule has 0 aliphatic heterocycles. The summed E-state index contributed by atoms with van der Waals surface area (Å²) in [5.41, 5.74) is 2.20. The molecule has 142 valence electrons. The highest BCUT2D eigenvalue weighted by Crippen LogP contribution is 2.46. The minimum atomic E-state index is -2.30. The van der Waals surface area contributed by atoms with Crippen molar-refractivity contribution in [3.63, 3.8) is 0 Å². The summed E-state index contributed by atoms with van der Waals surface area (Å²) in [5, 5.41) is 3.60. The van der Waals surface area contributed by atoms with Crippen LogP contribution in [0.25, 0.3) is 0 Å². The molecular weight excluding hydrogens is 389 g/mol. The molecular formula is C26H22NPS. The topological polar surface area (TPSA) is 12.4 Å². The maximum absolute atomic E-state index is 5.87. The SMILES string of the molecule is Cc1ccc(C(=S)N=P(c2ccccc2)(c2ccccc2)c2ccccc2)cc1. The number of thiocarbonyl (C=S) groups is 1. The fraction of sp³-hybridized carbons (Fsp3) is 0.0385. The second kappa shape index (κ2) is 8.69. The fourth-order valence-electron chi connectivity index (χ4n) is 3.44. The zero-order valence-electron chi connectivity index (χ0n) is 16.3. The lowest BCUT2D eigenvalue weighted by Gasteiger charge is -2.27. The lowest BCUT2D eigenvalue weighted by atomic mass is 10.1. The first-order valence-electron chi connectivity index (χ1n) is 9.60. The van der Waals surface area contributed by atoms with Crippen LogP contribution in [0.1, 0.15) is 11.1 Å². The maximum Gasteiger partial charge on any atom is 0.132 e. The van der Waals surface area contributed by atoms with E-state index in [1.165, 1.54) is 21.5 Å². The Kier molecular flexibility index (Phi) is 5.85. The van der Waals surface area contributed by atoms with Gasteiger partial charge >= 0.3 is 0 Å². The molecule has 0 heterocycles. The summed E-state index contributed by atoms with van der Waals surface area (Å²) in [5.74, 6) is 0. The average molecular weight is 412 g/mol. The van der Waals surface area contributed by atoms with E-state index in [9.17, 15) is 0 Å². The van der Waals surface area contributed by atoms with Crippen molar-refractivity contribution in [2.45, 2.75) is 6.92 Å². The summed E-state index contributed by atoms with van der Waals surface area (Å²) in [6, 6.07) is 40.0. The molecule has 0 aliphatic carbocycles. The third-order valence-corrected chi connectivity index (χ3v) is 9.03. The van der Waals surface area contributed by atoms with Crippen LogP contribution in [0, 0.1) is 6.92 Å². The predicted octanol–water partition coefficient (Wildman–Crippen LogP) is 5.85. The number of nitrogens with zero attached hydrogens (tertiary/aromatic N) is 1. The molecule has 0 radical (unpaired) electrons. The predicted molar refractivity (Wildman–Crippen MR) is 130 cm³/mol. The summed E-state index contributed by atoms with van der Waals surface area (Å²) in [7, 11) is -2.30. The normalized spacial score (nSPS) is 11.1. The lowest BCUT2D eigenvalue weighted by molar-refractivity contribution is 1.46. The van der Waals surface area contributed by atoms with Crippen molar-refractivity contribution in [1.82, 2.24) is 0 Å². The fourth-order valence-corrected chi connectivity index (χ4v) is 7.38. The molecule has 0 N–H and O–H groups in total. The molecule has 4 rings (SSSR count). The van der Waals surface area contributed by atoms with Gasteiger partial charge in [0.15, 0.2) is 0 Å². The number of aryl methyl sites for hydroxylation is 1. The number of hydrogen-bond donors (Lipinski definition) is 0. The Balaban J connectivity index is 2.05. The van der Waals surface area contributed by atoms with E-state index >= 15 is 0 Å². The van der Waals surface area contributed by atoms with Crippen molar-refractivity contribution in [3.8, 4) is 0 Å². The monoisotopic (exact) mass is 411 g/mol. The summed E-state index contributed by atoms with van der Waals surface area (Å²) in [6.07, 6.45) is 0. The quantitative estimate of drug-likeness (QED) is 0.303. The lowest BCUT2D eigenvalue weighted by Crippen LogP contribution is -2.26. The average Bonchev–Trinajstić information content (AvgIpc) is 2.79. The zero-order chi connectivity index (χ0) is 20.1. The van der Waals surface area contributed by atoms with Crippen LogP contribution in [0.4, 0.5) is 0 Å². The van der Waals surface area contributed by atoms with Gasteiger partial charge in [-0.05, 0) is 6.92 Å². The van der Waals surface area contributed by atoms with E-state index in [4.69, 9.17) is 17.0 Å². The molecule has 1 nitrogen and oxygen atoms in total. The highest BCUT2D eigenvalue weighted by atomic mass is 32.1. The standard InChI is InChI=1S/C26H22NPS/c1-21-17-19-22(20-18-21)26(29)27-28(23-11-5-2-6-12-23,24-13-7-3-8-14-24)25-15-9-4-10-16-25/h2-20H,1H3. The molecule has 0 aromatic heterocycles. The van der Waals surface area contributed by atoms with Gasteiger partial charge < -0.3 is 0 Å². The third kappa shape index (κ3) is 4.00. The Bertz CT molecular complexity index is 1050. The van der Waals surface area contributed by atoms with Gasteiger partial charge in [-0.1, -0.05) is 133 Å². The van der Waals surface area contributed by atoms with Gasteiger partial charge in [0, 0.05) is 21.5 Å². The van der Waals surface area contributed by atoms with E-state index in [2.05, 4.69) is 104 Å². The van der Waals surface area contributed by atoms with E-state index < -0.39 is 7.05 Å². The van der Waals surface area contributed by atoms with Gasteiger partial charge in [0.1, 0.15) is 4.99 Å². The number of rotatable bonds is 4. The second-order valence-corrected chi connectivity index (χ2v) is 10.3. The van der Waals surface area contributed by atoms with E-state index in [1.807, 2.05) is 18.2 Å². The van der Waals surface area contributed by atoms with E-state index in [1.54, 1.807) is 0 Å². The van der Waals surface area contributed by atoms with Crippen molar-refractivity contribution in [2.75, 3.05) is 0 Å². The number of benzene rings is 4. The summed E-state index contributed by atoms with van der Waals surface area (Å²) >= 11 is 5.87. The van der Waals surface area contributed by atoms with Crippen molar-refractivity contribution >= 4 is 40.2 Å². The Morgan fingerprint density at radius 1 is 0.586 bits per heavy atom. The zero-order valence-corrected chi connectivity index (χ0v) is 18.0. The molecule has 29 heavy (non-hydrogen) atoms. The largest absolute Gasteiger partial charge is 0.242 e. The third-order valence-electron chi connectivity index (χ3n) is 4.93. The Morgan fingerprint density at radius 3 is 1.34 bits per heavy atom. The highest BCUT2D eigenvalue weighted by molar-refractivity contribution is 7.89. The summed E-state index contributed by atoms with van der Waals surface area (Å²) in [6.45, 7) is 2.08. The van der Waals surface area contributed by atoms with E-state index in [0.717, 1.165) is 5.56 Å². The maximum atomic E-state index is 5.87. The van der Waals surface area contributed by atoms with Crippen LogP contribution in [0.2, 0.25) is 0 Å². The van der Waals surface area contributed by atoms with Crippen LogP contribution in [-0.4, -0.2) is 4.99 Å². The first kappa shape index (κ1) is 19.5. The van der Waals surface area contributed by atoms with Gasteiger partial charge in [-0.3, -0.25) is 0 Å². The molecule has 0 amide bonds. The van der Waals surface area contributed by atoms with Gasteiger partial charge in [0.05, 0.1) is 7.05 Å². The van der Waals surface area contributed by atoms with Crippen molar-refractivity contribution in [2.24, 2.45) is 4.74 Å². The van der Waals surface area contributed by atoms with Gasteiger partial charge in [-0.15, -0.1) is 0 Å². The molecule has 0 unspecified atom stereocenters. The number of hydrogen-bond acceptors (Lipinski definition) is 1. The minimum absolute atomic E-state index is 0.648. The van der Waals surface area contributed by atoms with E-state index in [0.29, 0.717) is 4.99 Å². The molecule has 0 saturated heterocycles. The van der Waals surface area contributed by atoms with Crippen molar-refractivity contribution in [1.29, 1.82) is 0 Å². The molecule has 3 heteroatoms. The van der Waals surface area contributed by atoms with Gasteiger partial charge in [-0.25, -0.2) is 4.74 Å². The minimum Gasteiger partial charge on any atom is -0.242 e. The second-order valence-electron chi connectivity index (χ2n) is 6.91. The van der Waals surface area contributed by atoms with Crippen LogP contribution in [-0.2, 0) is 0 Å². The Hall–Kier alpha value is -2.80. The van der Waals surface area contributed by atoms with Crippen molar-refractivity contribution in [3.05, 3.63) is 126 Å². The molecule has 4 aromatic rings. The van der Waals surface area contributed by atoms with Gasteiger partial charge in [-0.2, -0.15) is 0 Å². The summed E-state index contributed by atoms with van der Waals surface area (Å²) < 4.78 is 5.36. The smallest absolute Gasteiger partial charge is 0.132 e. The van der Waals surface area contributed by atoms with Gasteiger partial charge in [0.25, 0.3) is 0 Å². The molecule has 0 spiro atoms. The summed E-state index contributed by atoms with van der Waals surface area (Å²) in [4.78, 5) is 0.648. The Labute approximate surface area is 178 Å². The van der Waals surface area contributed by atoms with Crippen LogP contribution in [0.15, 0.2) is 120 Å². The van der Waals surface area contributed by atoms with Crippen LogP contribution >= 0.6 is 19.3 Å². The van der Waals surface area contributed by atoms with Crippen molar-refractivity contribution < 1.29 is 0 Å². The molecule has 0 aliphatic rings. The van der Waals surface area contributed by atoms with E-state index in [-0.39, 0.29) is 0 Å². The molecule has 0 saturated carbocycles. The van der Waals surface area contributed by atoms with Crippen LogP contribution in [0.3, 0.4) is 0 Å². The first-order valence-corrected chi connectivity index (χ1v) is 11.8. The van der Waals surface area contributed by atoms with Gasteiger partial charge in [0.2, 0.25) is 0 Å². The molecule has 0 atom stereocenters. The molecule has 0 fully saturated rings. The molecule has 4 aromatic carbocycles.